The van der Waals surface area contributed by atoms with Crippen LogP contribution in [0.4, 0.5) is 5.69 Å². The van der Waals surface area contributed by atoms with Crippen molar-refractivity contribution in [1.29, 1.82) is 0 Å². The first kappa shape index (κ1) is 14.9. The Balaban J connectivity index is 2.12. The summed E-state index contributed by atoms with van der Waals surface area (Å²) in [6.45, 7) is 3.79. The van der Waals surface area contributed by atoms with Gasteiger partial charge in [-0.2, -0.15) is 0 Å². The smallest absolute Gasteiger partial charge is 0.251 e. The van der Waals surface area contributed by atoms with Crippen LogP contribution in [0.25, 0.3) is 6.08 Å². The minimum absolute atomic E-state index is 0.108. The van der Waals surface area contributed by atoms with Crippen molar-refractivity contribution in [3.05, 3.63) is 65.2 Å². The molecule has 2 rings (SSSR count). The van der Waals surface area contributed by atoms with Crippen molar-refractivity contribution in [2.45, 2.75) is 13.8 Å². The van der Waals surface area contributed by atoms with Crippen molar-refractivity contribution in [1.82, 2.24) is 0 Å². The van der Waals surface area contributed by atoms with Gasteiger partial charge in [-0.05, 0) is 55.3 Å². The second-order valence-corrected chi connectivity index (χ2v) is 4.93. The van der Waals surface area contributed by atoms with E-state index in [4.69, 9.17) is 4.74 Å². The summed E-state index contributed by atoms with van der Waals surface area (Å²) in [6.07, 6.45) is 1.84. The van der Waals surface area contributed by atoms with E-state index in [9.17, 15) is 4.79 Å². The number of anilines is 1. The fourth-order valence-electron chi connectivity index (χ4n) is 2.00. The Morgan fingerprint density at radius 1 is 1.14 bits per heavy atom. The van der Waals surface area contributed by atoms with E-state index in [-0.39, 0.29) is 5.91 Å². The molecule has 2 aromatic carbocycles. The number of carbonyl (C=O) groups excluding carboxylic acids is 1. The molecule has 0 radical (unpaired) electrons. The fraction of sp³-hybridized carbons (Fsp3) is 0.167. The lowest BCUT2D eigenvalue weighted by atomic mass is 10.1. The summed E-state index contributed by atoms with van der Waals surface area (Å²) in [4.78, 5) is 12.2. The van der Waals surface area contributed by atoms with Crippen LogP contribution < -0.4 is 10.1 Å². The van der Waals surface area contributed by atoms with Crippen LogP contribution >= 0.6 is 0 Å². The van der Waals surface area contributed by atoms with Crippen LogP contribution in [0.2, 0.25) is 0 Å². The molecule has 108 valence electrons. The van der Waals surface area contributed by atoms with Crippen molar-refractivity contribution >= 4 is 17.7 Å². The van der Waals surface area contributed by atoms with Crippen LogP contribution in [0.5, 0.6) is 5.75 Å². The molecule has 0 heterocycles. The molecule has 1 amide bonds. The number of nitrogens with one attached hydrogen (secondary N) is 1. The highest BCUT2D eigenvalue weighted by molar-refractivity contribution is 6.06. The molecule has 1 N–H and O–H groups in total. The van der Waals surface area contributed by atoms with Gasteiger partial charge in [0.2, 0.25) is 0 Å². The second kappa shape index (κ2) is 6.75. The first-order chi connectivity index (χ1) is 10.1. The number of carbonyl (C=O) groups is 1. The minimum Gasteiger partial charge on any atom is -0.497 e. The van der Waals surface area contributed by atoms with Gasteiger partial charge in [0.25, 0.3) is 5.91 Å². The molecule has 0 aliphatic heterocycles. The number of hydrogen-bond donors (Lipinski definition) is 1. The predicted octanol–water partition coefficient (Wildman–Crippen LogP) is 4.05. The van der Waals surface area contributed by atoms with Gasteiger partial charge in [0.15, 0.2) is 0 Å². The predicted molar refractivity (Wildman–Crippen MR) is 86.5 cm³/mol. The molecule has 3 heteroatoms. The van der Waals surface area contributed by atoms with Gasteiger partial charge in [0.05, 0.1) is 7.11 Å². The summed E-state index contributed by atoms with van der Waals surface area (Å²) in [5, 5.41) is 2.89. The quantitative estimate of drug-likeness (QED) is 0.859. The van der Waals surface area contributed by atoms with Gasteiger partial charge in [0, 0.05) is 11.3 Å². The maximum Gasteiger partial charge on any atom is 0.251 e. The van der Waals surface area contributed by atoms with E-state index in [1.54, 1.807) is 14.0 Å². The Labute approximate surface area is 125 Å². The normalized spacial score (nSPS) is 11.1. The fourth-order valence-corrected chi connectivity index (χ4v) is 2.00. The number of ether oxygens (including phenoxy) is 1. The van der Waals surface area contributed by atoms with Crippen molar-refractivity contribution in [3.63, 3.8) is 0 Å². The maximum absolute atomic E-state index is 12.2. The monoisotopic (exact) mass is 281 g/mol. The first-order valence-corrected chi connectivity index (χ1v) is 6.79. The summed E-state index contributed by atoms with van der Waals surface area (Å²) >= 11 is 0. The van der Waals surface area contributed by atoms with Gasteiger partial charge in [-0.3, -0.25) is 4.79 Å². The Morgan fingerprint density at radius 3 is 2.62 bits per heavy atom. The zero-order valence-electron chi connectivity index (χ0n) is 12.5. The van der Waals surface area contributed by atoms with Gasteiger partial charge in [-0.25, -0.2) is 0 Å². The van der Waals surface area contributed by atoms with E-state index < -0.39 is 0 Å². The Morgan fingerprint density at radius 2 is 1.90 bits per heavy atom. The van der Waals surface area contributed by atoms with Crippen LogP contribution in [0, 0.1) is 6.92 Å². The molecule has 0 saturated heterocycles. The molecule has 0 saturated carbocycles. The molecule has 0 aliphatic rings. The van der Waals surface area contributed by atoms with Crippen LogP contribution in [0.15, 0.2) is 54.1 Å². The summed E-state index contributed by atoms with van der Waals surface area (Å²) in [7, 11) is 1.63. The lowest BCUT2D eigenvalue weighted by Gasteiger charge is -2.07. The Kier molecular flexibility index (Phi) is 4.77. The van der Waals surface area contributed by atoms with E-state index in [0.717, 1.165) is 22.6 Å². The maximum atomic E-state index is 12.2. The van der Waals surface area contributed by atoms with Gasteiger partial charge < -0.3 is 10.1 Å². The number of aryl methyl sites for hydroxylation is 1. The number of hydrogen-bond acceptors (Lipinski definition) is 2. The molecule has 0 aromatic heterocycles. The van der Waals surface area contributed by atoms with Crippen LogP contribution in [-0.4, -0.2) is 13.0 Å². The molecular formula is C18H19NO2. The molecule has 21 heavy (non-hydrogen) atoms. The van der Waals surface area contributed by atoms with Gasteiger partial charge >= 0.3 is 0 Å². The number of amides is 1. The Hall–Kier alpha value is -2.55. The Bertz CT molecular complexity index is 674. The van der Waals surface area contributed by atoms with Gasteiger partial charge in [0.1, 0.15) is 5.75 Å². The topological polar surface area (TPSA) is 38.3 Å². The van der Waals surface area contributed by atoms with E-state index in [1.807, 2.05) is 61.5 Å². The lowest BCUT2D eigenvalue weighted by Crippen LogP contribution is -2.12. The average Bonchev–Trinajstić information content (AvgIpc) is 2.47. The van der Waals surface area contributed by atoms with E-state index in [2.05, 4.69) is 5.32 Å². The molecule has 0 aliphatic carbocycles. The van der Waals surface area contributed by atoms with E-state index in [1.165, 1.54) is 0 Å². The lowest BCUT2D eigenvalue weighted by molar-refractivity contribution is -0.112. The number of benzene rings is 2. The summed E-state index contributed by atoms with van der Waals surface area (Å²) in [5.74, 6) is 0.666. The third kappa shape index (κ3) is 4.21. The van der Waals surface area contributed by atoms with Crippen LogP contribution in [0.1, 0.15) is 18.1 Å². The molecule has 0 bridgehead atoms. The zero-order valence-corrected chi connectivity index (χ0v) is 12.5. The van der Waals surface area contributed by atoms with Crippen LogP contribution in [0.3, 0.4) is 0 Å². The highest BCUT2D eigenvalue weighted by Crippen LogP contribution is 2.16. The van der Waals surface area contributed by atoms with E-state index in [0.29, 0.717) is 5.57 Å². The highest BCUT2D eigenvalue weighted by atomic mass is 16.5. The number of rotatable bonds is 4. The minimum atomic E-state index is -0.108. The second-order valence-electron chi connectivity index (χ2n) is 4.93. The standard InChI is InChI=1S/C18H19NO2/c1-13-6-4-8-16(10-13)19-18(20)14(2)11-15-7-5-9-17(12-15)21-3/h4-12H,1-3H3,(H,19,20)/b14-11+. The molecule has 3 nitrogen and oxygen atoms in total. The van der Waals surface area contributed by atoms with Crippen molar-refractivity contribution in [2.24, 2.45) is 0 Å². The molecule has 2 aromatic rings. The summed E-state index contributed by atoms with van der Waals surface area (Å²) in [5.41, 5.74) is 3.50. The summed E-state index contributed by atoms with van der Waals surface area (Å²) < 4.78 is 5.18. The molecule has 0 spiro atoms. The highest BCUT2D eigenvalue weighted by Gasteiger charge is 2.05. The summed E-state index contributed by atoms with van der Waals surface area (Å²) in [6, 6.07) is 15.3. The molecule has 0 unspecified atom stereocenters. The number of methoxy groups -OCH3 is 1. The van der Waals surface area contributed by atoms with E-state index >= 15 is 0 Å². The molecule has 0 atom stereocenters. The third-order valence-electron chi connectivity index (χ3n) is 3.11. The molecular weight excluding hydrogens is 262 g/mol. The van der Waals surface area contributed by atoms with Crippen molar-refractivity contribution in [2.75, 3.05) is 12.4 Å². The average molecular weight is 281 g/mol. The molecule has 0 fully saturated rings. The third-order valence-corrected chi connectivity index (χ3v) is 3.11. The first-order valence-electron chi connectivity index (χ1n) is 6.79. The SMILES string of the molecule is COc1cccc(/C=C(\C)C(=O)Nc2cccc(C)c2)c1. The van der Waals surface area contributed by atoms with Crippen LogP contribution in [-0.2, 0) is 4.79 Å². The van der Waals surface area contributed by atoms with Crippen molar-refractivity contribution in [3.8, 4) is 5.75 Å². The zero-order chi connectivity index (χ0) is 15.2. The van der Waals surface area contributed by atoms with Gasteiger partial charge in [-0.1, -0.05) is 24.3 Å². The van der Waals surface area contributed by atoms with Gasteiger partial charge in [-0.15, -0.1) is 0 Å². The largest absolute Gasteiger partial charge is 0.497 e. The van der Waals surface area contributed by atoms with Crippen molar-refractivity contribution < 1.29 is 9.53 Å².